The van der Waals surface area contributed by atoms with Crippen LogP contribution in [0.15, 0.2) is 43.0 Å². The number of benzene rings is 1. The molecule has 0 heterocycles. The van der Waals surface area contributed by atoms with Crippen molar-refractivity contribution in [2.45, 2.75) is 32.7 Å². The molecule has 0 radical (unpaired) electrons. The van der Waals surface area contributed by atoms with Crippen LogP contribution >= 0.6 is 0 Å². The summed E-state index contributed by atoms with van der Waals surface area (Å²) in [7, 11) is 0. The molecule has 150 valence electrons. The first-order valence-corrected chi connectivity index (χ1v) is 8.56. The Kier molecular flexibility index (Phi) is 9.00. The predicted molar refractivity (Wildman–Crippen MR) is 95.6 cm³/mol. The van der Waals surface area contributed by atoms with Crippen LogP contribution in [0.4, 0.5) is 13.2 Å². The van der Waals surface area contributed by atoms with Gasteiger partial charge in [0.1, 0.15) is 18.6 Å². The van der Waals surface area contributed by atoms with Gasteiger partial charge in [0.15, 0.2) is 0 Å². The van der Waals surface area contributed by atoms with Crippen LogP contribution in [0.1, 0.15) is 19.4 Å². The Morgan fingerprint density at radius 3 is 2.37 bits per heavy atom. The van der Waals surface area contributed by atoms with Crippen LogP contribution in [0.25, 0.3) is 0 Å². The van der Waals surface area contributed by atoms with Gasteiger partial charge < -0.3 is 15.4 Å². The maximum atomic E-state index is 13.2. The third-order valence-corrected chi connectivity index (χ3v) is 3.79. The first kappa shape index (κ1) is 22.7. The Hall–Kier alpha value is -2.35. The minimum atomic E-state index is -4.74. The summed E-state index contributed by atoms with van der Waals surface area (Å²) in [6.45, 7) is 6.14. The Morgan fingerprint density at radius 1 is 1.22 bits per heavy atom. The molecule has 0 bridgehead atoms. The van der Waals surface area contributed by atoms with E-state index in [1.54, 1.807) is 44.2 Å². The molecular formula is C19H25F3N2O3. The number of carbonyl (C=O) groups is 2. The molecule has 0 saturated heterocycles. The fourth-order valence-electron chi connectivity index (χ4n) is 2.26. The van der Waals surface area contributed by atoms with Gasteiger partial charge in [-0.15, -0.1) is 6.58 Å². The maximum absolute atomic E-state index is 13.2. The average molecular weight is 386 g/mol. The van der Waals surface area contributed by atoms with Gasteiger partial charge in [0, 0.05) is 13.1 Å². The number of ether oxygens (including phenoxy) is 1. The molecule has 0 aliphatic carbocycles. The van der Waals surface area contributed by atoms with Crippen molar-refractivity contribution in [3.8, 4) is 0 Å². The Balaban J connectivity index is 2.75. The molecule has 0 spiro atoms. The van der Waals surface area contributed by atoms with Crippen LogP contribution in [0.5, 0.6) is 0 Å². The topological polar surface area (TPSA) is 67.4 Å². The fraction of sp³-hybridized carbons (Fsp3) is 0.474. The average Bonchev–Trinajstić information content (AvgIpc) is 2.60. The summed E-state index contributed by atoms with van der Waals surface area (Å²) >= 11 is 0. The normalized spacial score (nSPS) is 13.7. The van der Waals surface area contributed by atoms with E-state index in [1.165, 1.54) is 6.08 Å². The highest BCUT2D eigenvalue weighted by Crippen LogP contribution is 2.26. The Bertz CT molecular complexity index is 618. The molecule has 2 N–H and O–H groups in total. The van der Waals surface area contributed by atoms with Crippen LogP contribution in [-0.4, -0.2) is 37.2 Å². The molecule has 1 aromatic rings. The number of amides is 1. The lowest BCUT2D eigenvalue weighted by molar-refractivity contribution is -0.183. The number of rotatable bonds is 10. The van der Waals surface area contributed by atoms with Crippen molar-refractivity contribution in [3.05, 3.63) is 48.6 Å². The van der Waals surface area contributed by atoms with Crippen molar-refractivity contribution in [3.63, 3.8) is 0 Å². The lowest BCUT2D eigenvalue weighted by atomic mass is 10.0. The van der Waals surface area contributed by atoms with Crippen LogP contribution in [0.2, 0.25) is 0 Å². The Morgan fingerprint density at radius 2 is 1.85 bits per heavy atom. The summed E-state index contributed by atoms with van der Waals surface area (Å²) < 4.78 is 44.7. The van der Waals surface area contributed by atoms with E-state index < -0.39 is 42.5 Å². The van der Waals surface area contributed by atoms with Crippen molar-refractivity contribution >= 4 is 11.9 Å². The third kappa shape index (κ3) is 7.82. The predicted octanol–water partition coefficient (Wildman–Crippen LogP) is 2.82. The summed E-state index contributed by atoms with van der Waals surface area (Å²) in [6.07, 6.45) is -3.35. The number of alkyl halides is 3. The van der Waals surface area contributed by atoms with E-state index in [4.69, 9.17) is 4.74 Å². The molecule has 2 atom stereocenters. The monoisotopic (exact) mass is 386 g/mol. The van der Waals surface area contributed by atoms with Crippen LogP contribution in [0, 0.1) is 11.8 Å². The smallest absolute Gasteiger partial charge is 0.401 e. The van der Waals surface area contributed by atoms with Gasteiger partial charge in [-0.3, -0.25) is 4.79 Å². The largest absolute Gasteiger partial charge is 0.459 e. The second-order valence-electron chi connectivity index (χ2n) is 6.36. The van der Waals surface area contributed by atoms with Crippen molar-refractivity contribution in [1.29, 1.82) is 0 Å². The number of esters is 1. The van der Waals surface area contributed by atoms with Gasteiger partial charge in [0.05, 0.1) is 0 Å². The summed E-state index contributed by atoms with van der Waals surface area (Å²) in [5.41, 5.74) is 0.737. The number of carbonyl (C=O) groups excluding carboxylic acids is 2. The van der Waals surface area contributed by atoms with Crippen LogP contribution in [-0.2, 0) is 20.9 Å². The minimum Gasteiger partial charge on any atom is -0.459 e. The molecule has 0 aromatic heterocycles. The molecule has 8 heteroatoms. The van der Waals surface area contributed by atoms with Crippen molar-refractivity contribution in [2.24, 2.45) is 11.8 Å². The lowest BCUT2D eigenvalue weighted by Crippen LogP contribution is -2.52. The second-order valence-corrected chi connectivity index (χ2v) is 6.36. The van der Waals surface area contributed by atoms with E-state index in [0.717, 1.165) is 5.56 Å². The van der Waals surface area contributed by atoms with Gasteiger partial charge in [-0.2, -0.15) is 13.2 Å². The van der Waals surface area contributed by atoms with E-state index in [-0.39, 0.29) is 13.2 Å². The fourth-order valence-corrected chi connectivity index (χ4v) is 2.26. The quantitative estimate of drug-likeness (QED) is 0.369. The number of nitrogens with one attached hydrogen (secondary N) is 2. The molecule has 0 fully saturated rings. The summed E-state index contributed by atoms with van der Waals surface area (Å²) in [5.74, 6) is -4.76. The van der Waals surface area contributed by atoms with Crippen molar-refractivity contribution in [1.82, 2.24) is 10.6 Å². The Labute approximate surface area is 157 Å². The van der Waals surface area contributed by atoms with Crippen molar-refractivity contribution < 1.29 is 27.5 Å². The van der Waals surface area contributed by atoms with E-state index in [0.29, 0.717) is 0 Å². The van der Waals surface area contributed by atoms with Crippen molar-refractivity contribution in [2.75, 3.05) is 13.1 Å². The SMILES string of the molecule is C=CCNC[C@@H](C(=O)N[C@H](C(=O)OCc1ccccc1)C(C)C)C(F)(F)F. The molecule has 1 amide bonds. The number of halogens is 3. The highest BCUT2D eigenvalue weighted by Gasteiger charge is 2.45. The molecular weight excluding hydrogens is 361 g/mol. The highest BCUT2D eigenvalue weighted by molar-refractivity contribution is 5.86. The first-order chi connectivity index (χ1) is 12.7. The second kappa shape index (κ2) is 10.7. The van der Waals surface area contributed by atoms with Gasteiger partial charge in [-0.25, -0.2) is 4.79 Å². The number of hydrogen-bond donors (Lipinski definition) is 2. The molecule has 1 rings (SSSR count). The third-order valence-electron chi connectivity index (χ3n) is 3.79. The molecule has 0 unspecified atom stereocenters. The zero-order valence-electron chi connectivity index (χ0n) is 15.4. The molecule has 0 aliphatic heterocycles. The zero-order chi connectivity index (χ0) is 20.4. The standard InChI is InChI=1S/C19H25F3N2O3/c1-4-10-23-11-15(19(20,21)22)17(25)24-16(13(2)3)18(26)27-12-14-8-6-5-7-9-14/h4-9,13,15-16,23H,1,10-12H2,2-3H3,(H,24,25)/t15-,16-/m0/s1. The van der Waals surface area contributed by atoms with Gasteiger partial charge in [-0.1, -0.05) is 50.3 Å². The molecule has 5 nitrogen and oxygen atoms in total. The van der Waals surface area contributed by atoms with E-state index in [9.17, 15) is 22.8 Å². The minimum absolute atomic E-state index is 0.0254. The lowest BCUT2D eigenvalue weighted by Gasteiger charge is -2.25. The first-order valence-electron chi connectivity index (χ1n) is 8.56. The number of hydrogen-bond acceptors (Lipinski definition) is 4. The van der Waals surface area contributed by atoms with Gasteiger partial charge in [0.2, 0.25) is 5.91 Å². The van der Waals surface area contributed by atoms with Gasteiger partial charge in [-0.05, 0) is 11.5 Å². The van der Waals surface area contributed by atoms with E-state index >= 15 is 0 Å². The summed E-state index contributed by atoms with van der Waals surface area (Å²) in [6, 6.07) is 7.68. The van der Waals surface area contributed by atoms with E-state index in [2.05, 4.69) is 17.2 Å². The molecule has 0 saturated carbocycles. The summed E-state index contributed by atoms with van der Waals surface area (Å²) in [5, 5.41) is 4.67. The maximum Gasteiger partial charge on any atom is 0.401 e. The van der Waals surface area contributed by atoms with Gasteiger partial charge in [0.25, 0.3) is 0 Å². The van der Waals surface area contributed by atoms with Crippen LogP contribution in [0.3, 0.4) is 0 Å². The highest BCUT2D eigenvalue weighted by atomic mass is 19.4. The summed E-state index contributed by atoms with van der Waals surface area (Å²) in [4.78, 5) is 24.5. The van der Waals surface area contributed by atoms with E-state index in [1.807, 2.05) is 0 Å². The molecule has 1 aromatic carbocycles. The zero-order valence-corrected chi connectivity index (χ0v) is 15.4. The van der Waals surface area contributed by atoms with Crippen LogP contribution < -0.4 is 10.6 Å². The molecule has 27 heavy (non-hydrogen) atoms. The van der Waals surface area contributed by atoms with Gasteiger partial charge >= 0.3 is 12.1 Å². The molecule has 0 aliphatic rings.